The van der Waals surface area contributed by atoms with Crippen molar-refractivity contribution < 1.29 is 9.53 Å². The Balaban J connectivity index is 2.88. The lowest BCUT2D eigenvalue weighted by atomic mass is 9.89. The molecule has 1 rings (SSSR count). The summed E-state index contributed by atoms with van der Waals surface area (Å²) in [6.45, 7) is 11.7. The number of hydrogen-bond acceptors (Lipinski definition) is 2. The molecule has 0 aliphatic carbocycles. The number of carbonyl (C=O) groups excluding carboxylic acids is 1. The number of esters is 1. The number of rotatable bonds is 4. The van der Waals surface area contributed by atoms with Crippen LogP contribution in [-0.2, 0) is 15.1 Å². The highest BCUT2D eigenvalue weighted by Crippen LogP contribution is 2.30. The predicted octanol–water partition coefficient (Wildman–Crippen LogP) is 4.21. The van der Waals surface area contributed by atoms with Gasteiger partial charge in [0.15, 0.2) is 0 Å². The van der Waals surface area contributed by atoms with Gasteiger partial charge in [0.05, 0.1) is 5.41 Å². The number of aryl methyl sites for hydroxylation is 1. The maximum absolute atomic E-state index is 12.1. The normalized spacial score (nSPS) is 12.3. The summed E-state index contributed by atoms with van der Waals surface area (Å²) in [6, 6.07) is 8.11. The average Bonchev–Trinajstić information content (AvgIpc) is 2.29. The average molecular weight is 248 g/mol. The zero-order valence-corrected chi connectivity index (χ0v) is 12.3. The topological polar surface area (TPSA) is 26.3 Å². The third kappa shape index (κ3) is 3.34. The van der Waals surface area contributed by atoms with Crippen molar-refractivity contribution in [3.63, 3.8) is 0 Å². The van der Waals surface area contributed by atoms with Gasteiger partial charge in [0.25, 0.3) is 0 Å². The first-order chi connectivity index (χ1) is 8.19. The quantitative estimate of drug-likeness (QED) is 0.746. The monoisotopic (exact) mass is 248 g/mol. The fourth-order valence-corrected chi connectivity index (χ4v) is 1.53. The molecule has 0 N–H and O–H groups in total. The van der Waals surface area contributed by atoms with E-state index in [-0.39, 0.29) is 5.97 Å². The molecule has 0 bridgehead atoms. The van der Waals surface area contributed by atoms with Gasteiger partial charge in [0.2, 0.25) is 0 Å². The molecule has 0 aliphatic rings. The third-order valence-corrected chi connectivity index (χ3v) is 3.53. The summed E-state index contributed by atoms with van der Waals surface area (Å²) in [5.41, 5.74) is 1.21. The van der Waals surface area contributed by atoms with Gasteiger partial charge in [-0.3, -0.25) is 4.79 Å². The predicted molar refractivity (Wildman–Crippen MR) is 74.4 cm³/mol. The zero-order chi connectivity index (χ0) is 14.0. The van der Waals surface area contributed by atoms with Crippen molar-refractivity contribution in [3.05, 3.63) is 35.4 Å². The first-order valence-electron chi connectivity index (χ1n) is 6.49. The SMILES string of the molecule is CCC(C)(C)C(=O)OC(C)(C)c1ccc(C)cc1. The molecule has 0 atom stereocenters. The minimum Gasteiger partial charge on any atom is -0.454 e. The standard InChI is InChI=1S/C16H24O2/c1-7-15(3,4)14(17)18-16(5,6)13-10-8-12(2)9-11-13/h8-11H,7H2,1-6H3. The summed E-state index contributed by atoms with van der Waals surface area (Å²) in [5.74, 6) is -0.143. The van der Waals surface area contributed by atoms with Crippen molar-refractivity contribution in [1.29, 1.82) is 0 Å². The van der Waals surface area contributed by atoms with Gasteiger partial charge in [-0.1, -0.05) is 36.8 Å². The Kier molecular flexibility index (Phi) is 4.20. The molecule has 18 heavy (non-hydrogen) atoms. The zero-order valence-electron chi connectivity index (χ0n) is 12.3. The van der Waals surface area contributed by atoms with Gasteiger partial charge >= 0.3 is 5.97 Å². The second kappa shape index (κ2) is 5.13. The van der Waals surface area contributed by atoms with Crippen LogP contribution in [0.4, 0.5) is 0 Å². The Hall–Kier alpha value is -1.31. The van der Waals surface area contributed by atoms with Crippen molar-refractivity contribution >= 4 is 5.97 Å². The van der Waals surface area contributed by atoms with Crippen molar-refractivity contribution in [3.8, 4) is 0 Å². The van der Waals surface area contributed by atoms with Crippen molar-refractivity contribution in [2.75, 3.05) is 0 Å². The molecular weight excluding hydrogens is 224 g/mol. The van der Waals surface area contributed by atoms with E-state index in [9.17, 15) is 4.79 Å². The number of ether oxygens (including phenoxy) is 1. The lowest BCUT2D eigenvalue weighted by molar-refractivity contribution is -0.168. The number of benzene rings is 1. The van der Waals surface area contributed by atoms with E-state index in [2.05, 4.69) is 0 Å². The third-order valence-electron chi connectivity index (χ3n) is 3.53. The molecule has 2 nitrogen and oxygen atoms in total. The van der Waals surface area contributed by atoms with Crippen LogP contribution in [0.2, 0.25) is 0 Å². The lowest BCUT2D eigenvalue weighted by Crippen LogP contribution is -2.33. The van der Waals surface area contributed by atoms with Crippen LogP contribution in [0.1, 0.15) is 52.2 Å². The maximum Gasteiger partial charge on any atom is 0.312 e. The molecule has 0 amide bonds. The summed E-state index contributed by atoms with van der Waals surface area (Å²) < 4.78 is 5.68. The smallest absolute Gasteiger partial charge is 0.312 e. The van der Waals surface area contributed by atoms with E-state index in [1.807, 2.05) is 65.8 Å². The lowest BCUT2D eigenvalue weighted by Gasteiger charge is -2.30. The molecule has 0 aromatic heterocycles. The number of carbonyl (C=O) groups is 1. The highest BCUT2D eigenvalue weighted by Gasteiger charge is 2.33. The molecule has 1 aromatic carbocycles. The molecule has 0 radical (unpaired) electrons. The fraction of sp³-hybridized carbons (Fsp3) is 0.562. The Bertz CT molecular complexity index is 413. The van der Waals surface area contributed by atoms with Gasteiger partial charge in [-0.25, -0.2) is 0 Å². The largest absolute Gasteiger partial charge is 0.454 e. The molecular formula is C16H24O2. The Morgan fingerprint density at radius 1 is 1.11 bits per heavy atom. The van der Waals surface area contributed by atoms with Crippen LogP contribution in [0.5, 0.6) is 0 Å². The van der Waals surface area contributed by atoms with Gasteiger partial charge in [-0.15, -0.1) is 0 Å². The summed E-state index contributed by atoms with van der Waals surface area (Å²) in [4.78, 5) is 12.1. The first-order valence-corrected chi connectivity index (χ1v) is 6.49. The molecule has 0 saturated carbocycles. The van der Waals surface area contributed by atoms with Gasteiger partial charge in [0, 0.05) is 0 Å². The van der Waals surface area contributed by atoms with Gasteiger partial charge < -0.3 is 4.74 Å². The van der Waals surface area contributed by atoms with Gasteiger partial charge in [-0.2, -0.15) is 0 Å². The molecule has 0 saturated heterocycles. The van der Waals surface area contributed by atoms with E-state index < -0.39 is 11.0 Å². The molecule has 0 heterocycles. The van der Waals surface area contributed by atoms with Crippen LogP contribution < -0.4 is 0 Å². The van der Waals surface area contributed by atoms with Crippen LogP contribution in [0, 0.1) is 12.3 Å². The molecule has 0 spiro atoms. The molecule has 100 valence electrons. The molecule has 0 unspecified atom stereocenters. The van der Waals surface area contributed by atoms with E-state index >= 15 is 0 Å². The van der Waals surface area contributed by atoms with Crippen LogP contribution in [0.3, 0.4) is 0 Å². The summed E-state index contributed by atoms with van der Waals surface area (Å²) in [6.07, 6.45) is 0.774. The van der Waals surface area contributed by atoms with Crippen molar-refractivity contribution in [2.24, 2.45) is 5.41 Å². The van der Waals surface area contributed by atoms with Crippen LogP contribution in [-0.4, -0.2) is 5.97 Å². The molecule has 0 fully saturated rings. The van der Waals surface area contributed by atoms with Gasteiger partial charge in [-0.05, 0) is 46.6 Å². The molecule has 2 heteroatoms. The van der Waals surface area contributed by atoms with Crippen LogP contribution in [0.25, 0.3) is 0 Å². The second-order valence-electron chi connectivity index (χ2n) is 6.00. The summed E-state index contributed by atoms with van der Waals surface area (Å²) in [7, 11) is 0. The Morgan fingerprint density at radius 3 is 2.06 bits per heavy atom. The van der Waals surface area contributed by atoms with Crippen LogP contribution >= 0.6 is 0 Å². The van der Waals surface area contributed by atoms with Crippen LogP contribution in [0.15, 0.2) is 24.3 Å². The maximum atomic E-state index is 12.1. The van der Waals surface area contributed by atoms with E-state index in [1.54, 1.807) is 0 Å². The second-order valence-corrected chi connectivity index (χ2v) is 6.00. The number of hydrogen-bond donors (Lipinski definition) is 0. The Labute approximate surface area is 110 Å². The van der Waals surface area contributed by atoms with Gasteiger partial charge in [0.1, 0.15) is 5.60 Å². The van der Waals surface area contributed by atoms with E-state index in [1.165, 1.54) is 5.56 Å². The highest BCUT2D eigenvalue weighted by molar-refractivity contribution is 5.76. The minimum absolute atomic E-state index is 0.143. The van der Waals surface area contributed by atoms with E-state index in [4.69, 9.17) is 4.74 Å². The fourth-order valence-electron chi connectivity index (χ4n) is 1.53. The van der Waals surface area contributed by atoms with E-state index in [0.29, 0.717) is 0 Å². The minimum atomic E-state index is -0.586. The summed E-state index contributed by atoms with van der Waals surface area (Å²) >= 11 is 0. The van der Waals surface area contributed by atoms with E-state index in [0.717, 1.165) is 12.0 Å². The van der Waals surface area contributed by atoms with Crippen molar-refractivity contribution in [1.82, 2.24) is 0 Å². The summed E-state index contributed by atoms with van der Waals surface area (Å²) in [5, 5.41) is 0. The first kappa shape index (κ1) is 14.7. The highest BCUT2D eigenvalue weighted by atomic mass is 16.6. The molecule has 1 aromatic rings. The Morgan fingerprint density at radius 2 is 1.61 bits per heavy atom. The van der Waals surface area contributed by atoms with Crippen molar-refractivity contribution in [2.45, 2.75) is 53.6 Å². The molecule has 0 aliphatic heterocycles.